The highest BCUT2D eigenvalue weighted by molar-refractivity contribution is 5.93. The summed E-state index contributed by atoms with van der Waals surface area (Å²) in [5.74, 6) is 0.523. The molecule has 1 aliphatic heterocycles. The quantitative estimate of drug-likeness (QED) is 0.760. The van der Waals surface area contributed by atoms with Crippen LogP contribution in [0.3, 0.4) is 0 Å². The number of hydrogen-bond acceptors (Lipinski definition) is 6. The van der Waals surface area contributed by atoms with Crippen molar-refractivity contribution in [3.8, 4) is 0 Å². The van der Waals surface area contributed by atoms with Crippen LogP contribution in [0.15, 0.2) is 42.7 Å². The Balaban J connectivity index is 1.51. The molecule has 1 N–H and O–H groups in total. The van der Waals surface area contributed by atoms with Gasteiger partial charge in [-0.25, -0.2) is 9.97 Å². The number of benzene rings is 1. The fraction of sp³-hybridized carbons (Fsp3) is 0.421. The first-order chi connectivity index (χ1) is 12.8. The minimum Gasteiger partial charge on any atom is -0.385 e. The molecule has 0 saturated carbocycles. The number of piperazine rings is 1. The van der Waals surface area contributed by atoms with E-state index in [1.165, 1.54) is 5.69 Å². The van der Waals surface area contributed by atoms with Crippen LogP contribution in [0.5, 0.6) is 0 Å². The summed E-state index contributed by atoms with van der Waals surface area (Å²) in [5.41, 5.74) is 1.72. The van der Waals surface area contributed by atoms with E-state index in [9.17, 15) is 4.79 Å². The molecule has 1 saturated heterocycles. The van der Waals surface area contributed by atoms with E-state index in [0.29, 0.717) is 24.7 Å². The average Bonchev–Trinajstić information content (AvgIpc) is 2.72. The van der Waals surface area contributed by atoms with Crippen LogP contribution in [-0.2, 0) is 4.74 Å². The SMILES string of the molecule is COCCCNC(=O)c1cnc(N2CCN(c3ccccc3)CC2)nc1. The van der Waals surface area contributed by atoms with Crippen LogP contribution in [0.1, 0.15) is 16.8 Å². The monoisotopic (exact) mass is 355 g/mol. The largest absolute Gasteiger partial charge is 0.385 e. The number of amides is 1. The van der Waals surface area contributed by atoms with Crippen molar-refractivity contribution >= 4 is 17.5 Å². The topological polar surface area (TPSA) is 70.6 Å². The summed E-state index contributed by atoms with van der Waals surface area (Å²) in [6, 6.07) is 10.4. The molecule has 7 heteroatoms. The van der Waals surface area contributed by atoms with Crippen LogP contribution >= 0.6 is 0 Å². The third-order valence-electron chi connectivity index (χ3n) is 4.40. The minimum absolute atomic E-state index is 0.151. The predicted octanol–water partition coefficient (Wildman–Crippen LogP) is 1.57. The van der Waals surface area contributed by atoms with E-state index in [2.05, 4.69) is 49.4 Å². The average molecular weight is 355 g/mol. The molecule has 1 aliphatic rings. The molecule has 0 atom stereocenters. The maximum Gasteiger partial charge on any atom is 0.254 e. The van der Waals surface area contributed by atoms with Gasteiger partial charge in [0.15, 0.2) is 0 Å². The Hall–Kier alpha value is -2.67. The van der Waals surface area contributed by atoms with Crippen LogP contribution < -0.4 is 15.1 Å². The van der Waals surface area contributed by atoms with Crippen molar-refractivity contribution in [1.82, 2.24) is 15.3 Å². The molecular formula is C19H25N5O2. The lowest BCUT2D eigenvalue weighted by atomic mass is 10.2. The number of anilines is 2. The second-order valence-electron chi connectivity index (χ2n) is 6.18. The van der Waals surface area contributed by atoms with E-state index >= 15 is 0 Å². The standard InChI is InChI=1S/C19H25N5O2/c1-26-13-5-8-20-18(25)16-14-21-19(22-15-16)24-11-9-23(10-12-24)17-6-3-2-4-7-17/h2-4,6-7,14-15H,5,8-13H2,1H3,(H,20,25). The number of methoxy groups -OCH3 is 1. The van der Waals surface area contributed by atoms with Gasteiger partial charge in [0.05, 0.1) is 5.56 Å². The fourth-order valence-corrected chi connectivity index (χ4v) is 2.93. The Morgan fingerprint density at radius 3 is 2.38 bits per heavy atom. The molecule has 0 radical (unpaired) electrons. The normalized spacial score (nSPS) is 14.3. The van der Waals surface area contributed by atoms with Crippen LogP contribution in [0.2, 0.25) is 0 Å². The molecule has 0 aliphatic carbocycles. The zero-order valence-electron chi connectivity index (χ0n) is 15.1. The molecule has 2 heterocycles. The number of nitrogens with zero attached hydrogens (tertiary/aromatic N) is 4. The van der Waals surface area contributed by atoms with E-state index in [1.807, 2.05) is 6.07 Å². The summed E-state index contributed by atoms with van der Waals surface area (Å²) in [5, 5.41) is 2.84. The predicted molar refractivity (Wildman–Crippen MR) is 102 cm³/mol. The Bertz CT molecular complexity index is 685. The molecule has 0 spiro atoms. The van der Waals surface area contributed by atoms with Gasteiger partial charge in [0.1, 0.15) is 0 Å². The summed E-state index contributed by atoms with van der Waals surface area (Å²) in [6.07, 6.45) is 3.97. The van der Waals surface area contributed by atoms with Crippen molar-refractivity contribution in [3.05, 3.63) is 48.3 Å². The summed E-state index contributed by atoms with van der Waals surface area (Å²) in [7, 11) is 1.65. The molecule has 0 unspecified atom stereocenters. The third kappa shape index (κ3) is 4.70. The smallest absolute Gasteiger partial charge is 0.254 e. The summed E-state index contributed by atoms with van der Waals surface area (Å²) in [4.78, 5) is 25.3. The summed E-state index contributed by atoms with van der Waals surface area (Å²) < 4.78 is 4.96. The summed E-state index contributed by atoms with van der Waals surface area (Å²) in [6.45, 7) is 4.78. The minimum atomic E-state index is -0.151. The van der Waals surface area contributed by atoms with Crippen molar-refractivity contribution in [2.45, 2.75) is 6.42 Å². The highest BCUT2D eigenvalue weighted by Gasteiger charge is 2.19. The second-order valence-corrected chi connectivity index (χ2v) is 6.18. The van der Waals surface area contributed by atoms with E-state index in [1.54, 1.807) is 19.5 Å². The number of nitrogens with one attached hydrogen (secondary N) is 1. The van der Waals surface area contributed by atoms with Gasteiger partial charge in [0, 0.05) is 64.5 Å². The number of carbonyl (C=O) groups is 1. The van der Waals surface area contributed by atoms with Crippen molar-refractivity contribution in [1.29, 1.82) is 0 Å². The van der Waals surface area contributed by atoms with Gasteiger partial charge in [-0.15, -0.1) is 0 Å². The fourth-order valence-electron chi connectivity index (χ4n) is 2.93. The van der Waals surface area contributed by atoms with Crippen molar-refractivity contribution in [2.75, 3.05) is 56.2 Å². The number of carbonyl (C=O) groups excluding carboxylic acids is 1. The maximum absolute atomic E-state index is 12.0. The van der Waals surface area contributed by atoms with Gasteiger partial charge in [-0.05, 0) is 18.6 Å². The van der Waals surface area contributed by atoms with Crippen molar-refractivity contribution in [2.24, 2.45) is 0 Å². The van der Waals surface area contributed by atoms with Gasteiger partial charge in [-0.3, -0.25) is 4.79 Å². The van der Waals surface area contributed by atoms with Crippen LogP contribution in [-0.4, -0.2) is 62.3 Å². The Morgan fingerprint density at radius 2 is 1.73 bits per heavy atom. The number of para-hydroxylation sites is 1. The van der Waals surface area contributed by atoms with E-state index in [4.69, 9.17) is 4.74 Å². The molecule has 3 rings (SSSR count). The lowest BCUT2D eigenvalue weighted by molar-refractivity contribution is 0.0948. The van der Waals surface area contributed by atoms with Crippen LogP contribution in [0, 0.1) is 0 Å². The van der Waals surface area contributed by atoms with Gasteiger partial charge in [-0.1, -0.05) is 18.2 Å². The molecule has 1 aromatic carbocycles. The maximum atomic E-state index is 12.0. The molecule has 26 heavy (non-hydrogen) atoms. The van der Waals surface area contributed by atoms with Gasteiger partial charge in [0.25, 0.3) is 5.91 Å². The lowest BCUT2D eigenvalue weighted by Gasteiger charge is -2.36. The number of rotatable bonds is 7. The number of ether oxygens (including phenoxy) is 1. The molecule has 1 fully saturated rings. The van der Waals surface area contributed by atoms with Gasteiger partial charge in [-0.2, -0.15) is 0 Å². The highest BCUT2D eigenvalue weighted by Crippen LogP contribution is 2.17. The van der Waals surface area contributed by atoms with Crippen LogP contribution in [0.25, 0.3) is 0 Å². The number of aromatic nitrogens is 2. The van der Waals surface area contributed by atoms with Crippen LogP contribution in [0.4, 0.5) is 11.6 Å². The van der Waals surface area contributed by atoms with Crippen molar-refractivity contribution in [3.63, 3.8) is 0 Å². The first-order valence-electron chi connectivity index (χ1n) is 8.92. The Morgan fingerprint density at radius 1 is 1.08 bits per heavy atom. The zero-order chi connectivity index (χ0) is 18.2. The van der Waals surface area contributed by atoms with E-state index in [-0.39, 0.29) is 5.91 Å². The van der Waals surface area contributed by atoms with Gasteiger partial charge >= 0.3 is 0 Å². The first kappa shape index (κ1) is 18.1. The van der Waals surface area contributed by atoms with Gasteiger partial charge in [0.2, 0.25) is 5.95 Å². The number of hydrogen-bond donors (Lipinski definition) is 1. The Kier molecular flexibility index (Phi) is 6.38. The van der Waals surface area contributed by atoms with Gasteiger partial charge < -0.3 is 19.9 Å². The van der Waals surface area contributed by atoms with E-state index < -0.39 is 0 Å². The zero-order valence-corrected chi connectivity index (χ0v) is 15.1. The molecule has 1 aromatic heterocycles. The van der Waals surface area contributed by atoms with Crippen molar-refractivity contribution < 1.29 is 9.53 Å². The van der Waals surface area contributed by atoms with E-state index in [0.717, 1.165) is 32.6 Å². The molecule has 138 valence electrons. The molecule has 0 bridgehead atoms. The highest BCUT2D eigenvalue weighted by atomic mass is 16.5. The Labute approximate surface area is 154 Å². The summed E-state index contributed by atoms with van der Waals surface area (Å²) >= 11 is 0. The first-order valence-corrected chi connectivity index (χ1v) is 8.92. The second kappa shape index (κ2) is 9.15. The lowest BCUT2D eigenvalue weighted by Crippen LogP contribution is -2.47. The molecule has 7 nitrogen and oxygen atoms in total. The molecule has 2 aromatic rings. The third-order valence-corrected chi connectivity index (χ3v) is 4.40. The molecular weight excluding hydrogens is 330 g/mol. The molecule has 1 amide bonds.